The quantitative estimate of drug-likeness (QED) is 0.152. The summed E-state index contributed by atoms with van der Waals surface area (Å²) in [6.07, 6.45) is -14.2. The summed E-state index contributed by atoms with van der Waals surface area (Å²) < 4.78 is 23.5. The fraction of sp³-hybridized carbons (Fsp3) is 0.533. The molecule has 13 heteroatoms. The number of likely N-dealkylation sites (N-methyl/N-ethyl adjacent to an activating group) is 1. The van der Waals surface area contributed by atoms with Crippen molar-refractivity contribution in [2.45, 2.75) is 73.9 Å². The van der Waals surface area contributed by atoms with E-state index in [0.29, 0.717) is 13.0 Å². The van der Waals surface area contributed by atoms with Gasteiger partial charge in [0.2, 0.25) is 0 Å². The van der Waals surface area contributed by atoms with Crippen molar-refractivity contribution < 1.29 is 54.7 Å². The minimum atomic E-state index is -1.72. The molecule has 2 aromatic carbocycles. The van der Waals surface area contributed by atoms with Crippen molar-refractivity contribution in [3.05, 3.63) is 64.9 Å². The highest BCUT2D eigenvalue weighted by molar-refractivity contribution is 7.10. The first-order valence-electron chi connectivity index (χ1n) is 14.2. The van der Waals surface area contributed by atoms with E-state index >= 15 is 0 Å². The first kappa shape index (κ1) is 32.2. The number of hydrogen-bond donors (Lipinski definition) is 7. The van der Waals surface area contributed by atoms with Crippen LogP contribution in [0.3, 0.4) is 0 Å². The molecular weight excluding hydrogens is 582 g/mol. The Morgan fingerprint density at radius 1 is 0.814 bits per heavy atom. The molecule has 0 spiro atoms. The van der Waals surface area contributed by atoms with Crippen LogP contribution in [0.25, 0.3) is 10.8 Å². The molecule has 5 rings (SSSR count). The summed E-state index contributed by atoms with van der Waals surface area (Å²) in [4.78, 5) is 2.74. The summed E-state index contributed by atoms with van der Waals surface area (Å²) >= 11 is 1.57. The van der Waals surface area contributed by atoms with Crippen molar-refractivity contribution in [3.63, 3.8) is 0 Å². The number of ether oxygens (including phenoxy) is 4. The van der Waals surface area contributed by atoms with E-state index in [1.807, 2.05) is 60.0 Å². The molecule has 0 bridgehead atoms. The van der Waals surface area contributed by atoms with Crippen LogP contribution in [0.1, 0.15) is 17.4 Å². The largest absolute Gasteiger partial charge is 0.484 e. The first-order chi connectivity index (χ1) is 20.7. The molecule has 7 N–H and O–H groups in total. The number of aliphatic hydroxyl groups is 7. The normalized spacial score (nSPS) is 34.0. The van der Waals surface area contributed by atoms with Crippen LogP contribution < -0.4 is 4.74 Å². The molecule has 1 aromatic heterocycles. The number of fused-ring (bicyclic) bond motifs is 1. The molecule has 2 aliphatic heterocycles. The average molecular weight is 622 g/mol. The monoisotopic (exact) mass is 621 g/mol. The molecule has 0 radical (unpaired) electrons. The maximum atomic E-state index is 11.0. The third-order valence-electron chi connectivity index (χ3n) is 8.04. The van der Waals surface area contributed by atoms with Gasteiger partial charge < -0.3 is 54.7 Å². The molecule has 0 amide bonds. The molecule has 11 atom stereocenters. The van der Waals surface area contributed by atoms with Crippen molar-refractivity contribution >= 4 is 22.1 Å². The Bertz CT molecular complexity index is 1290. The van der Waals surface area contributed by atoms with Crippen LogP contribution in [0.4, 0.5) is 0 Å². The van der Waals surface area contributed by atoms with Gasteiger partial charge in [0, 0.05) is 23.2 Å². The van der Waals surface area contributed by atoms with E-state index in [1.165, 1.54) is 0 Å². The fourth-order valence-electron chi connectivity index (χ4n) is 5.57. The smallest absolute Gasteiger partial charge is 0.187 e. The Kier molecular flexibility index (Phi) is 10.7. The summed E-state index contributed by atoms with van der Waals surface area (Å²) in [6.45, 7) is -0.874. The molecule has 43 heavy (non-hydrogen) atoms. The van der Waals surface area contributed by atoms with Crippen LogP contribution in [-0.4, -0.2) is 129 Å². The van der Waals surface area contributed by atoms with Gasteiger partial charge in [-0.15, -0.1) is 11.3 Å². The van der Waals surface area contributed by atoms with E-state index in [9.17, 15) is 35.7 Å². The zero-order valence-electron chi connectivity index (χ0n) is 23.6. The van der Waals surface area contributed by atoms with E-state index in [2.05, 4.69) is 0 Å². The van der Waals surface area contributed by atoms with Crippen molar-refractivity contribution in [1.29, 1.82) is 0 Å². The van der Waals surface area contributed by atoms with E-state index in [4.69, 9.17) is 18.9 Å². The van der Waals surface area contributed by atoms with Gasteiger partial charge in [0.1, 0.15) is 66.9 Å². The number of rotatable bonds is 11. The molecule has 3 heterocycles. The molecular formula is C30H39NO11S. The lowest BCUT2D eigenvalue weighted by atomic mass is 9.96. The van der Waals surface area contributed by atoms with E-state index in [0.717, 1.165) is 21.4 Å². The second kappa shape index (κ2) is 14.2. The summed E-state index contributed by atoms with van der Waals surface area (Å²) in [5.41, 5.74) is 0. The Morgan fingerprint density at radius 2 is 1.56 bits per heavy atom. The van der Waals surface area contributed by atoms with Crippen LogP contribution in [-0.2, 0) is 14.2 Å². The predicted molar refractivity (Wildman–Crippen MR) is 155 cm³/mol. The third-order valence-corrected chi connectivity index (χ3v) is 9.00. The van der Waals surface area contributed by atoms with E-state index in [1.54, 1.807) is 23.3 Å². The van der Waals surface area contributed by atoms with Gasteiger partial charge in [-0.3, -0.25) is 4.90 Å². The molecule has 236 valence electrons. The summed E-state index contributed by atoms with van der Waals surface area (Å²) in [7, 11) is 1.72. The molecule has 2 fully saturated rings. The zero-order valence-corrected chi connectivity index (χ0v) is 24.4. The number of thiophene rings is 1. The first-order valence-corrected chi connectivity index (χ1v) is 15.1. The van der Waals surface area contributed by atoms with Gasteiger partial charge in [-0.25, -0.2) is 0 Å². The Labute approximate surface area is 252 Å². The topological polar surface area (TPSA) is 182 Å². The highest BCUT2D eigenvalue weighted by Crippen LogP contribution is 2.34. The van der Waals surface area contributed by atoms with Gasteiger partial charge in [0.25, 0.3) is 0 Å². The minimum absolute atomic E-state index is 0.310. The second-order valence-corrected chi connectivity index (χ2v) is 11.9. The van der Waals surface area contributed by atoms with Gasteiger partial charge in [-0.1, -0.05) is 42.5 Å². The van der Waals surface area contributed by atoms with Crippen molar-refractivity contribution in [2.75, 3.05) is 26.8 Å². The molecule has 12 nitrogen and oxygen atoms in total. The van der Waals surface area contributed by atoms with Gasteiger partial charge in [0.15, 0.2) is 6.29 Å². The summed E-state index contributed by atoms with van der Waals surface area (Å²) in [5.74, 6) is 0.747. The SMILES string of the molecule is CN(CCC(Oc1cccc2ccccc12)c1cccs1)C1O[C@H](CO)[C@@H](O[C@@H]2O[C@H](CO)[C@H](O)[C@H](O)[C@H]2O)[C@H](O)[C@H]1O. The molecule has 0 saturated carbocycles. The van der Waals surface area contributed by atoms with Crippen molar-refractivity contribution in [1.82, 2.24) is 4.90 Å². The second-order valence-electron chi connectivity index (χ2n) is 10.9. The molecule has 0 aliphatic carbocycles. The Morgan fingerprint density at radius 3 is 2.28 bits per heavy atom. The highest BCUT2D eigenvalue weighted by Gasteiger charge is 2.51. The highest BCUT2D eigenvalue weighted by atomic mass is 32.1. The maximum absolute atomic E-state index is 11.0. The third kappa shape index (κ3) is 6.88. The molecule has 2 saturated heterocycles. The molecule has 2 aliphatic rings. The Balaban J connectivity index is 1.26. The van der Waals surface area contributed by atoms with Gasteiger partial charge in [-0.05, 0) is 29.9 Å². The van der Waals surface area contributed by atoms with Gasteiger partial charge in [0.05, 0.1) is 13.2 Å². The number of hydrogen-bond acceptors (Lipinski definition) is 13. The number of aliphatic hydroxyl groups excluding tert-OH is 7. The molecule has 2 unspecified atom stereocenters. The van der Waals surface area contributed by atoms with Gasteiger partial charge >= 0.3 is 0 Å². The molecule has 3 aromatic rings. The lowest BCUT2D eigenvalue weighted by molar-refractivity contribution is -0.348. The summed E-state index contributed by atoms with van der Waals surface area (Å²) in [6, 6.07) is 17.8. The van der Waals surface area contributed by atoms with Crippen LogP contribution in [0.15, 0.2) is 60.0 Å². The Hall–Kier alpha value is -2.24. The maximum Gasteiger partial charge on any atom is 0.187 e. The minimum Gasteiger partial charge on any atom is -0.484 e. The van der Waals surface area contributed by atoms with Gasteiger partial charge in [-0.2, -0.15) is 0 Å². The predicted octanol–water partition coefficient (Wildman–Crippen LogP) is -0.0326. The lowest BCUT2D eigenvalue weighted by Gasteiger charge is -2.47. The summed E-state index contributed by atoms with van der Waals surface area (Å²) in [5, 5.41) is 76.1. The van der Waals surface area contributed by atoms with Crippen LogP contribution >= 0.6 is 11.3 Å². The van der Waals surface area contributed by atoms with Crippen LogP contribution in [0.2, 0.25) is 0 Å². The van der Waals surface area contributed by atoms with Crippen LogP contribution in [0.5, 0.6) is 5.75 Å². The van der Waals surface area contributed by atoms with Crippen molar-refractivity contribution in [2.24, 2.45) is 0 Å². The van der Waals surface area contributed by atoms with E-state index < -0.39 is 74.6 Å². The van der Waals surface area contributed by atoms with Crippen LogP contribution in [0, 0.1) is 0 Å². The number of nitrogens with zero attached hydrogens (tertiary/aromatic N) is 1. The fourth-order valence-corrected chi connectivity index (χ4v) is 6.36. The average Bonchev–Trinajstić information content (AvgIpc) is 3.56. The zero-order chi connectivity index (χ0) is 30.7. The number of benzene rings is 2. The van der Waals surface area contributed by atoms with Crippen molar-refractivity contribution in [3.8, 4) is 5.75 Å². The van der Waals surface area contributed by atoms with E-state index in [-0.39, 0.29) is 6.10 Å². The lowest BCUT2D eigenvalue weighted by Crippen LogP contribution is -2.66. The standard InChI is InChI=1S/C30H39NO11S/c1-31(12-11-19(22-10-5-13-43-22)39-18-9-4-7-16-6-2-3-8-17(16)18)29-26(37)25(36)28(21(15-33)40-29)42-30-27(38)24(35)23(34)20(14-32)41-30/h2-10,13,19-21,23-30,32-38H,11-12,14-15H2,1H3/t19?,20-,21-,23+,24+,25-,26-,27-,28-,29?,30+/m1/s1.